The molecule has 2 amide bonds. The molecule has 20 heavy (non-hydrogen) atoms. The monoisotopic (exact) mass is 348 g/mol. The quantitative estimate of drug-likeness (QED) is 0.684. The molecule has 0 unspecified atom stereocenters. The van der Waals surface area contributed by atoms with Gasteiger partial charge in [0.05, 0.1) is 4.32 Å². The zero-order valence-corrected chi connectivity index (χ0v) is 14.8. The Labute approximate surface area is 129 Å². The van der Waals surface area contributed by atoms with Crippen LogP contribution >= 0.6 is 15.9 Å². The van der Waals surface area contributed by atoms with Crippen molar-refractivity contribution in [3.8, 4) is 0 Å². The molecule has 5 nitrogen and oxygen atoms in total. The van der Waals surface area contributed by atoms with Gasteiger partial charge in [0.15, 0.2) is 0 Å². The molecule has 1 aliphatic rings. The maximum Gasteiger partial charge on any atom is 0.410 e. The van der Waals surface area contributed by atoms with Crippen molar-refractivity contribution in [3.63, 3.8) is 0 Å². The molecule has 0 aromatic rings. The van der Waals surface area contributed by atoms with Gasteiger partial charge in [-0.3, -0.25) is 4.79 Å². The van der Waals surface area contributed by atoms with Crippen molar-refractivity contribution >= 4 is 27.9 Å². The van der Waals surface area contributed by atoms with Gasteiger partial charge < -0.3 is 14.5 Å². The van der Waals surface area contributed by atoms with Crippen molar-refractivity contribution in [2.75, 3.05) is 19.6 Å². The fourth-order valence-electron chi connectivity index (χ4n) is 2.11. The number of nitrogens with zero attached hydrogens (tertiary/aromatic N) is 2. The number of hydrogen-bond donors (Lipinski definition) is 0. The average molecular weight is 349 g/mol. The Balaban J connectivity index is 2.65. The van der Waals surface area contributed by atoms with Crippen LogP contribution in [0.5, 0.6) is 0 Å². The highest BCUT2D eigenvalue weighted by molar-refractivity contribution is 9.10. The predicted molar refractivity (Wildman–Crippen MR) is 82.0 cm³/mol. The van der Waals surface area contributed by atoms with E-state index in [2.05, 4.69) is 15.9 Å². The van der Waals surface area contributed by atoms with E-state index in [9.17, 15) is 9.59 Å². The minimum atomic E-state index is -0.569. The van der Waals surface area contributed by atoms with E-state index in [0.717, 1.165) is 0 Å². The van der Waals surface area contributed by atoms with Gasteiger partial charge in [-0.05, 0) is 41.5 Å². The maximum absolute atomic E-state index is 12.2. The van der Waals surface area contributed by atoms with Crippen LogP contribution in [-0.2, 0) is 9.53 Å². The van der Waals surface area contributed by atoms with Crippen molar-refractivity contribution in [1.29, 1.82) is 0 Å². The lowest BCUT2D eigenvalue weighted by molar-refractivity contribution is -0.135. The van der Waals surface area contributed by atoms with Crippen LogP contribution in [0.15, 0.2) is 0 Å². The molecule has 0 radical (unpaired) electrons. The van der Waals surface area contributed by atoms with Crippen LogP contribution in [0.3, 0.4) is 0 Å². The van der Waals surface area contributed by atoms with Gasteiger partial charge in [0.25, 0.3) is 0 Å². The average Bonchev–Trinajstić information content (AvgIpc) is 2.23. The molecule has 0 spiro atoms. The van der Waals surface area contributed by atoms with Crippen molar-refractivity contribution in [3.05, 3.63) is 0 Å². The fourth-order valence-corrected chi connectivity index (χ4v) is 2.36. The second-order valence-electron chi connectivity index (χ2n) is 6.75. The summed E-state index contributed by atoms with van der Waals surface area (Å²) in [6.07, 6.45) is -0.310. The Bertz CT molecular complexity index is 385. The third-order valence-electron chi connectivity index (χ3n) is 3.05. The number of alkyl halides is 1. The predicted octanol–water partition coefficient (Wildman–Crippen LogP) is 2.63. The lowest BCUT2D eigenvalue weighted by atomic mass is 10.1. The normalized spacial score (nSPS) is 20.9. The van der Waals surface area contributed by atoms with E-state index < -0.39 is 9.93 Å². The Kier molecular flexibility index (Phi) is 5.11. The van der Waals surface area contributed by atoms with Crippen LogP contribution in [0.25, 0.3) is 0 Å². The van der Waals surface area contributed by atoms with Gasteiger partial charge in [0.2, 0.25) is 5.91 Å². The van der Waals surface area contributed by atoms with Crippen LogP contribution in [0, 0.1) is 0 Å². The molecule has 0 saturated carbocycles. The van der Waals surface area contributed by atoms with Gasteiger partial charge in [-0.2, -0.15) is 0 Å². The summed E-state index contributed by atoms with van der Waals surface area (Å²) in [5, 5.41) is 0. The number of ether oxygens (including phenoxy) is 1. The molecular formula is C14H25BrN2O3. The Morgan fingerprint density at radius 2 is 1.70 bits per heavy atom. The van der Waals surface area contributed by atoms with Gasteiger partial charge in [0.1, 0.15) is 5.60 Å². The van der Waals surface area contributed by atoms with Gasteiger partial charge in [-0.15, -0.1) is 0 Å². The summed E-state index contributed by atoms with van der Waals surface area (Å²) >= 11 is 3.39. The zero-order valence-electron chi connectivity index (χ0n) is 13.2. The minimum Gasteiger partial charge on any atom is -0.444 e. The first-order valence-corrected chi connectivity index (χ1v) is 7.69. The van der Waals surface area contributed by atoms with Gasteiger partial charge in [-0.1, -0.05) is 15.9 Å². The molecule has 6 heteroatoms. The molecule has 1 atom stereocenters. The third-order valence-corrected chi connectivity index (χ3v) is 3.39. The molecular weight excluding hydrogens is 324 g/mol. The second-order valence-corrected chi connectivity index (χ2v) is 8.73. The van der Waals surface area contributed by atoms with E-state index in [1.165, 1.54) is 0 Å². The summed E-state index contributed by atoms with van der Waals surface area (Å²) in [6.45, 7) is 12.7. The van der Waals surface area contributed by atoms with E-state index in [1.807, 2.05) is 41.5 Å². The van der Waals surface area contributed by atoms with Crippen LogP contribution < -0.4 is 0 Å². The maximum atomic E-state index is 12.2. The number of amides is 2. The van der Waals surface area contributed by atoms with Crippen molar-refractivity contribution in [2.24, 2.45) is 0 Å². The molecule has 1 heterocycles. The third kappa shape index (κ3) is 4.65. The highest BCUT2D eigenvalue weighted by atomic mass is 79.9. The fraction of sp³-hybridized carbons (Fsp3) is 0.857. The molecule has 0 aromatic heterocycles. The number of piperazine rings is 1. The number of halogens is 1. The summed E-state index contributed by atoms with van der Waals surface area (Å²) in [4.78, 5) is 27.8. The van der Waals surface area contributed by atoms with E-state index in [-0.39, 0.29) is 18.0 Å². The highest BCUT2D eigenvalue weighted by Crippen LogP contribution is 2.22. The number of carbonyl (C=O) groups is 2. The SMILES string of the molecule is C[C@@H]1CN(C(=O)C(C)(C)Br)CCN1C(=O)OC(C)(C)C. The van der Waals surface area contributed by atoms with E-state index in [4.69, 9.17) is 4.74 Å². The van der Waals surface area contributed by atoms with Crippen LogP contribution in [0.2, 0.25) is 0 Å². The van der Waals surface area contributed by atoms with Gasteiger partial charge in [0, 0.05) is 25.7 Å². The molecule has 1 rings (SSSR count). The number of hydrogen-bond acceptors (Lipinski definition) is 3. The molecule has 1 fully saturated rings. The van der Waals surface area contributed by atoms with Crippen molar-refractivity contribution in [1.82, 2.24) is 9.80 Å². The van der Waals surface area contributed by atoms with Crippen LogP contribution in [-0.4, -0.2) is 57.4 Å². The molecule has 116 valence electrons. The van der Waals surface area contributed by atoms with Crippen LogP contribution in [0.1, 0.15) is 41.5 Å². The molecule has 0 aliphatic carbocycles. The lowest BCUT2D eigenvalue weighted by Gasteiger charge is -2.41. The minimum absolute atomic E-state index is 0.0441. The van der Waals surface area contributed by atoms with E-state index >= 15 is 0 Å². The summed E-state index contributed by atoms with van der Waals surface area (Å²) in [5.41, 5.74) is -0.498. The smallest absolute Gasteiger partial charge is 0.410 e. The van der Waals surface area contributed by atoms with Gasteiger partial charge in [-0.25, -0.2) is 4.79 Å². The topological polar surface area (TPSA) is 49.9 Å². The lowest BCUT2D eigenvalue weighted by Crippen LogP contribution is -2.58. The Morgan fingerprint density at radius 1 is 1.15 bits per heavy atom. The van der Waals surface area contributed by atoms with Crippen molar-refractivity contribution < 1.29 is 14.3 Å². The summed E-state index contributed by atoms with van der Waals surface area (Å²) in [5.74, 6) is 0.0492. The largest absolute Gasteiger partial charge is 0.444 e. The highest BCUT2D eigenvalue weighted by Gasteiger charge is 2.36. The summed E-state index contributed by atoms with van der Waals surface area (Å²) in [6, 6.07) is -0.0441. The zero-order chi connectivity index (χ0) is 15.7. The standard InChI is InChI=1S/C14H25BrN2O3/c1-10-9-16(11(18)14(5,6)15)7-8-17(10)12(19)20-13(2,3)4/h10H,7-9H2,1-6H3/t10-/m1/s1. The molecule has 0 bridgehead atoms. The molecule has 1 aliphatic heterocycles. The van der Waals surface area contributed by atoms with E-state index in [1.54, 1.807) is 9.80 Å². The Morgan fingerprint density at radius 3 is 2.10 bits per heavy atom. The van der Waals surface area contributed by atoms with Crippen molar-refractivity contribution in [2.45, 2.75) is 57.5 Å². The summed E-state index contributed by atoms with van der Waals surface area (Å²) in [7, 11) is 0. The molecule has 0 aromatic carbocycles. The summed E-state index contributed by atoms with van der Waals surface area (Å²) < 4.78 is 4.82. The Hall–Kier alpha value is -0.780. The second kappa shape index (κ2) is 5.92. The molecule has 0 N–H and O–H groups in total. The van der Waals surface area contributed by atoms with Crippen LogP contribution in [0.4, 0.5) is 4.79 Å². The molecule has 1 saturated heterocycles. The first-order chi connectivity index (χ1) is 8.92. The van der Waals surface area contributed by atoms with Gasteiger partial charge >= 0.3 is 6.09 Å². The first-order valence-electron chi connectivity index (χ1n) is 6.90. The number of carbonyl (C=O) groups excluding carboxylic acids is 2. The van der Waals surface area contributed by atoms with E-state index in [0.29, 0.717) is 19.6 Å². The first kappa shape index (κ1) is 17.3. The number of rotatable bonds is 1.